The normalized spacial score (nSPS) is 18.2. The summed E-state index contributed by atoms with van der Waals surface area (Å²) in [6.07, 6.45) is -7.71. The summed E-state index contributed by atoms with van der Waals surface area (Å²) in [6, 6.07) is 0. The zero-order valence-corrected chi connectivity index (χ0v) is 22.7. The number of carboxylic acid groups (broad SMARTS) is 3. The fraction of sp³-hybridized carbons (Fsp3) is 0.682. The van der Waals surface area contributed by atoms with Crippen molar-refractivity contribution in [3.05, 3.63) is 0 Å². The van der Waals surface area contributed by atoms with Gasteiger partial charge in [0.15, 0.2) is 24.4 Å². The quantitative estimate of drug-likeness (QED) is 0.124. The zero-order valence-electron chi connectivity index (χ0n) is 22.7. The van der Waals surface area contributed by atoms with Crippen LogP contribution in [0.4, 0.5) is 0 Å². The smallest absolute Gasteiger partial charge is 0.347 e. The maximum Gasteiger partial charge on any atom is 0.347 e. The maximum absolute atomic E-state index is 10.7. The van der Waals surface area contributed by atoms with Crippen LogP contribution in [0.25, 0.3) is 0 Å². The highest BCUT2D eigenvalue weighted by atomic mass is 16.6. The Kier molecular flexibility index (Phi) is 30.6. The molecule has 1 fully saturated rings. The molecular weight excluding hydrogens is 568 g/mol. The Morgan fingerprint density at radius 3 is 0.976 bits per heavy atom. The van der Waals surface area contributed by atoms with Gasteiger partial charge in [0.05, 0.1) is 0 Å². The first kappa shape index (κ1) is 50.0. The summed E-state index contributed by atoms with van der Waals surface area (Å²) in [5.74, 6) is -6.48. The van der Waals surface area contributed by atoms with Gasteiger partial charge >= 0.3 is 41.8 Å². The number of carbonyl (C=O) groups excluding carboxylic acids is 4. The van der Waals surface area contributed by atoms with Gasteiger partial charge in [0.2, 0.25) is 0 Å². The van der Waals surface area contributed by atoms with E-state index in [0.29, 0.717) is 0 Å². The molecule has 19 heteroatoms. The average molecular weight is 611 g/mol. The van der Waals surface area contributed by atoms with E-state index in [1.165, 1.54) is 48.5 Å². The predicted molar refractivity (Wildman–Crippen MR) is 134 cm³/mol. The number of aliphatic hydroxyl groups excluding tert-OH is 3. The van der Waals surface area contributed by atoms with Gasteiger partial charge in [0.25, 0.3) is 0 Å². The van der Waals surface area contributed by atoms with E-state index in [1.807, 2.05) is 0 Å². The minimum Gasteiger partial charge on any atom is -0.479 e. The number of rotatable bonds is 7. The van der Waals surface area contributed by atoms with Crippen LogP contribution in [0, 0.1) is 0 Å². The van der Waals surface area contributed by atoms with E-state index in [1.54, 1.807) is 0 Å². The van der Waals surface area contributed by atoms with Crippen molar-refractivity contribution >= 4 is 41.8 Å². The van der Waals surface area contributed by atoms with Crippen molar-refractivity contribution in [1.29, 1.82) is 0 Å². The second-order valence-electron chi connectivity index (χ2n) is 7.36. The fourth-order valence-electron chi connectivity index (χ4n) is 1.28. The van der Waals surface area contributed by atoms with Crippen molar-refractivity contribution in [2.75, 3.05) is 0 Å². The van der Waals surface area contributed by atoms with Gasteiger partial charge < -0.3 is 60.5 Å². The lowest BCUT2D eigenvalue weighted by Gasteiger charge is -2.22. The van der Waals surface area contributed by atoms with Crippen LogP contribution in [0.3, 0.4) is 0 Å². The molecule has 1 aliphatic heterocycles. The van der Waals surface area contributed by atoms with Gasteiger partial charge in [-0.1, -0.05) is 7.43 Å². The van der Waals surface area contributed by atoms with E-state index in [2.05, 4.69) is 18.9 Å². The third kappa shape index (κ3) is 26.1. The molecule has 0 saturated carbocycles. The number of ether oxygens (including phenoxy) is 4. The molecule has 0 aromatic heterocycles. The van der Waals surface area contributed by atoms with Crippen LogP contribution in [-0.4, -0.2) is 126 Å². The molecule has 0 amide bonds. The predicted octanol–water partition coefficient (Wildman–Crippen LogP) is -2.93. The molecule has 0 bridgehead atoms. The lowest BCUT2D eigenvalue weighted by Crippen LogP contribution is -2.40. The molecule has 0 aromatic carbocycles. The zero-order chi connectivity index (χ0) is 30.9. The number of hydrogen-bond donors (Lipinski definition) is 6. The summed E-state index contributed by atoms with van der Waals surface area (Å²) in [4.78, 5) is 72.0. The molecule has 41 heavy (non-hydrogen) atoms. The lowest BCUT2D eigenvalue weighted by atomic mass is 10.3. The SMILES string of the molecule is C.CC(O)C(=O)O.CC(O)C(=O)OC(C)C(=O)O.CC(O)C(=O)OC(C)C(=O)O.CC1OC(=O)C(C)OC1=O.O.O. The summed E-state index contributed by atoms with van der Waals surface area (Å²) in [5, 5.41) is 49.4. The van der Waals surface area contributed by atoms with Crippen molar-refractivity contribution < 1.29 is 94.1 Å². The largest absolute Gasteiger partial charge is 0.479 e. The highest BCUT2D eigenvalue weighted by molar-refractivity contribution is 5.86. The van der Waals surface area contributed by atoms with Gasteiger partial charge in [0.1, 0.15) is 18.3 Å². The van der Waals surface area contributed by atoms with Crippen molar-refractivity contribution in [3.63, 3.8) is 0 Å². The summed E-state index contributed by atoms with van der Waals surface area (Å²) < 4.78 is 17.8. The molecule has 1 saturated heterocycles. The number of esters is 4. The first-order valence-electron chi connectivity index (χ1n) is 10.7. The topological polar surface area (TPSA) is 341 Å². The Morgan fingerprint density at radius 1 is 0.610 bits per heavy atom. The van der Waals surface area contributed by atoms with Gasteiger partial charge in [-0.25, -0.2) is 33.6 Å². The third-order valence-electron chi connectivity index (χ3n) is 3.57. The van der Waals surface area contributed by atoms with E-state index >= 15 is 0 Å². The van der Waals surface area contributed by atoms with Crippen LogP contribution < -0.4 is 0 Å². The van der Waals surface area contributed by atoms with Gasteiger partial charge in [-0.05, 0) is 48.5 Å². The van der Waals surface area contributed by atoms with Gasteiger partial charge in [-0.3, -0.25) is 0 Å². The summed E-state index contributed by atoms with van der Waals surface area (Å²) >= 11 is 0. The summed E-state index contributed by atoms with van der Waals surface area (Å²) in [6.45, 7) is 8.99. The first-order chi connectivity index (χ1) is 17.1. The fourth-order valence-corrected chi connectivity index (χ4v) is 1.28. The monoisotopic (exact) mass is 610 g/mol. The van der Waals surface area contributed by atoms with E-state index < -0.39 is 84.5 Å². The van der Waals surface area contributed by atoms with E-state index in [0.717, 1.165) is 0 Å². The minimum absolute atomic E-state index is 0. The van der Waals surface area contributed by atoms with Crippen LogP contribution in [0.15, 0.2) is 0 Å². The molecular formula is C22H42O19. The van der Waals surface area contributed by atoms with Crippen molar-refractivity contribution in [1.82, 2.24) is 0 Å². The molecule has 1 rings (SSSR count). The Hall–Kier alpha value is -3.91. The molecule has 1 heterocycles. The first-order valence-corrected chi connectivity index (χ1v) is 10.7. The molecule has 244 valence electrons. The van der Waals surface area contributed by atoms with E-state index in [4.69, 9.17) is 30.6 Å². The number of hydrogen-bond acceptors (Lipinski definition) is 14. The van der Waals surface area contributed by atoms with Gasteiger partial charge in [-0.15, -0.1) is 0 Å². The Bertz CT molecular complexity index is 762. The Labute approximate surface area is 235 Å². The molecule has 0 radical (unpaired) electrons. The van der Waals surface area contributed by atoms with Crippen LogP contribution in [0.1, 0.15) is 55.9 Å². The summed E-state index contributed by atoms with van der Waals surface area (Å²) in [5.41, 5.74) is 0. The molecule has 0 spiro atoms. The van der Waals surface area contributed by atoms with E-state index in [-0.39, 0.29) is 18.4 Å². The Balaban J connectivity index is -0.0000000991. The van der Waals surface area contributed by atoms with E-state index in [9.17, 15) is 33.6 Å². The third-order valence-corrected chi connectivity index (χ3v) is 3.57. The highest BCUT2D eigenvalue weighted by Crippen LogP contribution is 2.08. The highest BCUT2D eigenvalue weighted by Gasteiger charge is 2.32. The molecule has 1 aliphatic rings. The average Bonchev–Trinajstić information content (AvgIpc) is 2.78. The van der Waals surface area contributed by atoms with Crippen molar-refractivity contribution in [3.8, 4) is 0 Å². The van der Waals surface area contributed by atoms with Crippen LogP contribution in [0.2, 0.25) is 0 Å². The van der Waals surface area contributed by atoms with Gasteiger partial charge in [0, 0.05) is 0 Å². The number of aliphatic hydroxyl groups is 3. The molecule has 0 aromatic rings. The van der Waals surface area contributed by atoms with Crippen molar-refractivity contribution in [2.45, 2.75) is 98.6 Å². The maximum atomic E-state index is 10.7. The molecule has 7 unspecified atom stereocenters. The van der Waals surface area contributed by atoms with Crippen LogP contribution in [0.5, 0.6) is 0 Å². The summed E-state index contributed by atoms with van der Waals surface area (Å²) in [7, 11) is 0. The number of carbonyl (C=O) groups is 7. The molecule has 19 nitrogen and oxygen atoms in total. The number of aliphatic carboxylic acids is 3. The van der Waals surface area contributed by atoms with Crippen LogP contribution in [-0.2, 0) is 52.5 Å². The molecule has 0 aliphatic carbocycles. The lowest BCUT2D eigenvalue weighted by molar-refractivity contribution is -0.191. The molecule has 7 atom stereocenters. The second-order valence-corrected chi connectivity index (χ2v) is 7.36. The standard InChI is InChI=1S/2C6H10O5.C6H8O4.C3H6O3.CH4.2H2O/c2*1-3(7)6(10)11-4(2)5(8)9;1-3-5(7)10-4(2)6(8)9-3;1-2(4)3(5)6;;;/h2*3-4,7H,1-2H3,(H,8,9);3-4H,1-2H3;2,4H,1H3,(H,5,6);1H4;2*1H2. The second kappa shape index (κ2) is 25.1. The van der Waals surface area contributed by atoms with Crippen LogP contribution >= 0.6 is 0 Å². The number of cyclic esters (lactones) is 2. The number of carboxylic acids is 3. The van der Waals surface area contributed by atoms with Gasteiger partial charge in [-0.2, -0.15) is 0 Å². The minimum atomic E-state index is -1.28. The molecule has 10 N–H and O–H groups in total. The van der Waals surface area contributed by atoms with Crippen molar-refractivity contribution in [2.24, 2.45) is 0 Å². The Morgan fingerprint density at radius 2 is 0.829 bits per heavy atom.